The van der Waals surface area contributed by atoms with Crippen molar-refractivity contribution in [3.05, 3.63) is 48.3 Å². The maximum Gasteiger partial charge on any atom is 0.217 e. The van der Waals surface area contributed by atoms with Crippen molar-refractivity contribution in [2.45, 2.75) is 6.92 Å². The Morgan fingerprint density at radius 2 is 1.91 bits per heavy atom. The van der Waals surface area contributed by atoms with Crippen LogP contribution in [0, 0.1) is 6.92 Å². The van der Waals surface area contributed by atoms with Crippen LogP contribution in [-0.4, -0.2) is 25.2 Å². The third-order valence-electron chi connectivity index (χ3n) is 2.64. The van der Waals surface area contributed by atoms with Gasteiger partial charge >= 0.3 is 0 Å². The largest absolute Gasteiger partial charge is 0.726 e. The van der Waals surface area contributed by atoms with Gasteiger partial charge in [0.15, 0.2) is 12.4 Å². The second-order valence-electron chi connectivity index (χ2n) is 4.46. The van der Waals surface area contributed by atoms with E-state index in [9.17, 15) is 18.1 Å². The lowest BCUT2D eigenvalue weighted by atomic mass is 10.2. The molecule has 8 heteroatoms. The van der Waals surface area contributed by atoms with Gasteiger partial charge in [-0.3, -0.25) is 4.18 Å². The maximum atomic E-state index is 9.59. The highest BCUT2D eigenvalue weighted by Crippen LogP contribution is 2.23. The Kier molecular flexibility index (Phi) is 6.29. The molecule has 2 N–H and O–H groups in total. The summed E-state index contributed by atoms with van der Waals surface area (Å²) >= 11 is 0. The van der Waals surface area contributed by atoms with Crippen molar-refractivity contribution in [2.24, 2.45) is 7.05 Å². The van der Waals surface area contributed by atoms with Crippen molar-refractivity contribution in [2.75, 3.05) is 12.4 Å². The van der Waals surface area contributed by atoms with E-state index < -0.39 is 10.4 Å². The van der Waals surface area contributed by atoms with Crippen LogP contribution in [0.3, 0.4) is 0 Å². The zero-order valence-electron chi connectivity index (χ0n) is 12.5. The zero-order chi connectivity index (χ0) is 16.8. The average molecular weight is 326 g/mol. The quantitative estimate of drug-likeness (QED) is 0.501. The van der Waals surface area contributed by atoms with Crippen LogP contribution in [0.25, 0.3) is 0 Å². The summed E-state index contributed by atoms with van der Waals surface area (Å²) in [6, 6.07) is 9.51. The fraction of sp³-hybridized carbons (Fsp3) is 0.214. The van der Waals surface area contributed by atoms with E-state index in [0.717, 1.165) is 24.0 Å². The van der Waals surface area contributed by atoms with Gasteiger partial charge in [0, 0.05) is 17.8 Å². The highest BCUT2D eigenvalue weighted by atomic mass is 32.3. The Morgan fingerprint density at radius 1 is 1.27 bits per heavy atom. The zero-order valence-corrected chi connectivity index (χ0v) is 13.3. The number of pyridine rings is 1. The van der Waals surface area contributed by atoms with E-state index in [4.69, 9.17) is 0 Å². The maximum absolute atomic E-state index is 9.59. The first kappa shape index (κ1) is 17.9. The fourth-order valence-corrected chi connectivity index (χ4v) is 1.52. The summed E-state index contributed by atoms with van der Waals surface area (Å²) in [5, 5.41) is 12.8. The van der Waals surface area contributed by atoms with Crippen molar-refractivity contribution in [3.63, 3.8) is 0 Å². The summed E-state index contributed by atoms with van der Waals surface area (Å²) < 4.78 is 33.0. The Balaban J connectivity index is 0.000000346. The minimum Gasteiger partial charge on any atom is -0.726 e. The summed E-state index contributed by atoms with van der Waals surface area (Å²) in [5.41, 5.74) is 2.76. The Hall–Kier alpha value is -2.16. The monoisotopic (exact) mass is 326 g/mol. The van der Waals surface area contributed by atoms with Crippen LogP contribution in [-0.2, 0) is 21.6 Å². The van der Waals surface area contributed by atoms with Crippen molar-refractivity contribution < 1.29 is 26.8 Å². The molecule has 0 aliphatic carbocycles. The molecule has 0 aliphatic heterocycles. The smallest absolute Gasteiger partial charge is 0.217 e. The molecule has 0 spiro atoms. The van der Waals surface area contributed by atoms with E-state index in [0.29, 0.717) is 5.75 Å². The third-order valence-corrected chi connectivity index (χ3v) is 3.05. The third kappa shape index (κ3) is 6.53. The van der Waals surface area contributed by atoms with Gasteiger partial charge in [-0.2, -0.15) is 0 Å². The molecule has 0 atom stereocenters. The number of phenolic OH excluding ortho intramolecular Hbond substituents is 1. The fourth-order valence-electron chi connectivity index (χ4n) is 1.52. The second-order valence-corrected chi connectivity index (χ2v) is 5.61. The van der Waals surface area contributed by atoms with E-state index >= 15 is 0 Å². The molecule has 120 valence electrons. The number of hydrogen-bond acceptors (Lipinski definition) is 6. The van der Waals surface area contributed by atoms with E-state index in [2.05, 4.69) is 9.50 Å². The molecule has 7 nitrogen and oxygen atoms in total. The van der Waals surface area contributed by atoms with Crippen molar-refractivity contribution in [1.82, 2.24) is 0 Å². The molecule has 22 heavy (non-hydrogen) atoms. The predicted octanol–water partition coefficient (Wildman–Crippen LogP) is 1.36. The standard InChI is InChI=1S/C13H14N2O.CH4O4S/c1-10-5-6-11(8-13(10)16)14-12-4-3-7-15(2)9-12;1-5-6(2,3)4/h3-9,14H,1-2H3;1H3,(H,2,3,4). The molecule has 0 fully saturated rings. The molecule has 0 bridgehead atoms. The summed E-state index contributed by atoms with van der Waals surface area (Å²) in [6.45, 7) is 1.88. The normalized spacial score (nSPS) is 10.5. The molecule has 0 radical (unpaired) electrons. The van der Waals surface area contributed by atoms with E-state index in [-0.39, 0.29) is 0 Å². The van der Waals surface area contributed by atoms with Gasteiger partial charge < -0.3 is 15.0 Å². The minimum atomic E-state index is -4.41. The molecule has 0 amide bonds. The number of hydrogen-bond donors (Lipinski definition) is 2. The van der Waals surface area contributed by atoms with Gasteiger partial charge in [-0.25, -0.2) is 13.0 Å². The van der Waals surface area contributed by atoms with Gasteiger partial charge in [0.05, 0.1) is 7.11 Å². The highest BCUT2D eigenvalue weighted by molar-refractivity contribution is 7.80. The van der Waals surface area contributed by atoms with Crippen LogP contribution < -0.4 is 9.88 Å². The molecule has 0 saturated heterocycles. The summed E-state index contributed by atoms with van der Waals surface area (Å²) in [5.74, 6) is 0.310. The van der Waals surface area contributed by atoms with Crippen LogP contribution in [0.15, 0.2) is 42.7 Å². The van der Waals surface area contributed by atoms with Crippen molar-refractivity contribution in [1.29, 1.82) is 0 Å². The summed E-state index contributed by atoms with van der Waals surface area (Å²) in [4.78, 5) is 0. The Morgan fingerprint density at radius 3 is 2.41 bits per heavy atom. The first-order chi connectivity index (χ1) is 10.2. The van der Waals surface area contributed by atoms with Gasteiger partial charge in [-0.1, -0.05) is 6.07 Å². The van der Waals surface area contributed by atoms with Gasteiger partial charge in [0.1, 0.15) is 18.5 Å². The molecule has 0 aliphatic rings. The second kappa shape index (κ2) is 7.74. The van der Waals surface area contributed by atoms with E-state index in [1.165, 1.54) is 0 Å². The number of aromatic hydroxyl groups is 1. The van der Waals surface area contributed by atoms with Crippen LogP contribution in [0.4, 0.5) is 11.4 Å². The number of nitrogens with one attached hydrogen (secondary N) is 1. The topological polar surface area (TPSA) is 103 Å². The highest BCUT2D eigenvalue weighted by Gasteiger charge is 2.01. The summed E-state index contributed by atoms with van der Waals surface area (Å²) in [6.07, 6.45) is 3.95. The van der Waals surface area contributed by atoms with Gasteiger partial charge in [-0.15, -0.1) is 0 Å². The molecular formula is C14H18N2O5S. The average Bonchev–Trinajstić information content (AvgIpc) is 2.43. The lowest BCUT2D eigenvalue weighted by molar-refractivity contribution is -0.670. The molecule has 1 aromatic carbocycles. The first-order valence-electron chi connectivity index (χ1n) is 6.24. The lowest BCUT2D eigenvalue weighted by Gasteiger charge is -2.06. The predicted molar refractivity (Wildman–Crippen MR) is 80.5 cm³/mol. The molecule has 0 unspecified atom stereocenters. The van der Waals surface area contributed by atoms with Gasteiger partial charge in [0.2, 0.25) is 10.4 Å². The molecule has 2 rings (SSSR count). The van der Waals surface area contributed by atoms with Gasteiger partial charge in [0.25, 0.3) is 0 Å². The number of nitrogens with zero attached hydrogens (tertiary/aromatic N) is 1. The Bertz CT molecular complexity index is 732. The number of aromatic nitrogens is 1. The van der Waals surface area contributed by atoms with E-state index in [1.807, 2.05) is 55.2 Å². The SMILES string of the molecule is COS(=O)(=O)[O-].Cc1ccc(Nc2ccc[n+](C)c2)cc1O. The van der Waals surface area contributed by atoms with Crippen molar-refractivity contribution >= 4 is 21.8 Å². The van der Waals surface area contributed by atoms with Crippen LogP contribution in [0.1, 0.15) is 5.56 Å². The van der Waals surface area contributed by atoms with Crippen LogP contribution in [0.2, 0.25) is 0 Å². The molecule has 0 saturated carbocycles. The van der Waals surface area contributed by atoms with Crippen molar-refractivity contribution in [3.8, 4) is 5.75 Å². The molecular weight excluding hydrogens is 308 g/mol. The van der Waals surface area contributed by atoms with Crippen LogP contribution >= 0.6 is 0 Å². The lowest BCUT2D eigenvalue weighted by Crippen LogP contribution is -2.26. The molecule has 1 heterocycles. The first-order valence-corrected chi connectivity index (χ1v) is 7.58. The minimum absolute atomic E-state index is 0.310. The number of benzene rings is 1. The number of rotatable bonds is 3. The molecule has 2 aromatic rings. The summed E-state index contributed by atoms with van der Waals surface area (Å²) in [7, 11) is -1.63. The number of phenols is 1. The molecule has 1 aromatic heterocycles. The van der Waals surface area contributed by atoms with Gasteiger partial charge in [-0.05, 0) is 24.6 Å². The number of anilines is 2. The van der Waals surface area contributed by atoms with E-state index in [1.54, 1.807) is 6.07 Å². The number of aryl methyl sites for hydroxylation is 2. The van der Waals surface area contributed by atoms with Crippen LogP contribution in [0.5, 0.6) is 5.75 Å². The Labute approximate surface area is 129 Å².